The molecule has 0 N–H and O–H groups in total. The van der Waals surface area contributed by atoms with E-state index in [1.54, 1.807) is 0 Å². The zero-order chi connectivity index (χ0) is 44.3. The molecule has 0 fully saturated rings. The Labute approximate surface area is 396 Å². The van der Waals surface area contributed by atoms with Crippen LogP contribution in [-0.2, 0) is 38.1 Å². The Kier molecular flexibility index (Phi) is 11.3. The third-order valence-electron chi connectivity index (χ3n) is 13.3. The summed E-state index contributed by atoms with van der Waals surface area (Å²) >= 11 is -0.826. The molecule has 1 aliphatic rings. The molecule has 11 rings (SSSR count). The normalized spacial score (nSPS) is 12.3. The summed E-state index contributed by atoms with van der Waals surface area (Å²) in [6, 6.07) is 68.7. The van der Waals surface area contributed by atoms with Gasteiger partial charge < -0.3 is 0 Å². The van der Waals surface area contributed by atoms with E-state index >= 15 is 0 Å². The van der Waals surface area contributed by atoms with E-state index in [0.29, 0.717) is 0 Å². The van der Waals surface area contributed by atoms with Gasteiger partial charge in [-0.3, -0.25) is 0 Å². The molecule has 0 saturated carbocycles. The first-order chi connectivity index (χ1) is 30.9. The standard InChI is InChI=1S/C61H50.2ClH.Zr/c1-60(2,3)58-36-54-44(34-56(58)52-21-13-11-19-48(52)42-27-29-50-40(31-42)25-23-38-15-7-9-17-46(38)50)33-45-35-57(59(37-55(45)54)61(4,5)6)53-22-14-12-20-49(53)43-28-30-51-41(32-43)26-24-39-16-8-10-18-47(39)51;;;/h7-32,34-37H,33H2,1-6H3;2*1H;/q;;;+2/p-2. The number of hydrogen-bond donors (Lipinski definition) is 0. The van der Waals surface area contributed by atoms with Gasteiger partial charge in [0.1, 0.15) is 0 Å². The van der Waals surface area contributed by atoms with Crippen LogP contribution in [0.2, 0.25) is 0 Å². The number of hydrogen-bond acceptors (Lipinski definition) is 0. The van der Waals surface area contributed by atoms with Crippen molar-refractivity contribution in [1.82, 2.24) is 0 Å². The Morgan fingerprint density at radius 3 is 1.08 bits per heavy atom. The second-order valence-electron chi connectivity index (χ2n) is 19.4. The van der Waals surface area contributed by atoms with Gasteiger partial charge in [-0.05, 0) is 175 Å². The van der Waals surface area contributed by atoms with Crippen LogP contribution in [-0.4, -0.2) is 0 Å². The fourth-order valence-corrected chi connectivity index (χ4v) is 10.3. The molecule has 0 heterocycles. The molecule has 3 heteroatoms. The van der Waals surface area contributed by atoms with Crippen molar-refractivity contribution in [3.63, 3.8) is 0 Å². The van der Waals surface area contributed by atoms with Crippen molar-refractivity contribution in [2.24, 2.45) is 0 Å². The predicted octanol–water partition coefficient (Wildman–Crippen LogP) is 18.5. The third kappa shape index (κ3) is 7.75. The SMILES string of the molecule is CC(C)(C)c1cc2c(cc1-c1ccccc1-c1ccc3c(ccc4ccccc43)c1)Cc1cc(-c3ccccc3-c3ccc4c(ccc5ccccc54)c3)c(C(C)(C)C)cc1-2.[Cl][Zr][Cl]. The fourth-order valence-electron chi connectivity index (χ4n) is 10.3. The summed E-state index contributed by atoms with van der Waals surface area (Å²) in [6.45, 7) is 14.2. The molecule has 0 aliphatic heterocycles. The maximum absolute atomic E-state index is 4.93. The monoisotopic (exact) mass is 942 g/mol. The second kappa shape index (κ2) is 16.9. The van der Waals surface area contributed by atoms with Gasteiger partial charge in [0.2, 0.25) is 0 Å². The predicted molar refractivity (Wildman–Crippen MR) is 276 cm³/mol. The Bertz CT molecular complexity index is 3210. The van der Waals surface area contributed by atoms with Crippen molar-refractivity contribution in [1.29, 1.82) is 0 Å². The molecule has 0 saturated heterocycles. The average Bonchev–Trinajstić information content (AvgIpc) is 3.66. The van der Waals surface area contributed by atoms with Crippen LogP contribution in [0.1, 0.15) is 63.8 Å². The van der Waals surface area contributed by atoms with E-state index in [9.17, 15) is 0 Å². The fraction of sp³-hybridized carbons (Fsp3) is 0.148. The van der Waals surface area contributed by atoms with E-state index in [-0.39, 0.29) is 10.8 Å². The van der Waals surface area contributed by atoms with E-state index in [0.717, 1.165) is 6.42 Å². The van der Waals surface area contributed by atoms with Crippen LogP contribution >= 0.6 is 17.0 Å². The van der Waals surface area contributed by atoms with E-state index in [1.165, 1.54) is 121 Å². The van der Waals surface area contributed by atoms with Crippen molar-refractivity contribution in [2.45, 2.75) is 58.8 Å². The molecule has 64 heavy (non-hydrogen) atoms. The Morgan fingerprint density at radius 2 is 0.672 bits per heavy atom. The summed E-state index contributed by atoms with van der Waals surface area (Å²) in [5.74, 6) is 0. The van der Waals surface area contributed by atoms with Gasteiger partial charge >= 0.3 is 37.9 Å². The van der Waals surface area contributed by atoms with Crippen molar-refractivity contribution >= 4 is 60.1 Å². The quantitative estimate of drug-likeness (QED) is 0.154. The Morgan fingerprint density at radius 1 is 0.328 bits per heavy atom. The van der Waals surface area contributed by atoms with Gasteiger partial charge in [-0.15, -0.1) is 0 Å². The summed E-state index contributed by atoms with van der Waals surface area (Å²) in [4.78, 5) is 0. The summed E-state index contributed by atoms with van der Waals surface area (Å²) in [5, 5.41) is 10.3. The van der Waals surface area contributed by atoms with Crippen LogP contribution in [0.4, 0.5) is 0 Å². The molecule has 0 bridgehead atoms. The molecule has 0 aromatic heterocycles. The molecule has 0 nitrogen and oxygen atoms in total. The van der Waals surface area contributed by atoms with Gasteiger partial charge in [-0.2, -0.15) is 0 Å². The van der Waals surface area contributed by atoms with Gasteiger partial charge in [-0.25, -0.2) is 0 Å². The van der Waals surface area contributed by atoms with Crippen molar-refractivity contribution in [3.8, 4) is 55.6 Å². The van der Waals surface area contributed by atoms with Crippen LogP contribution in [0.5, 0.6) is 0 Å². The topological polar surface area (TPSA) is 0 Å². The number of fused-ring (bicyclic) bond motifs is 9. The van der Waals surface area contributed by atoms with Crippen LogP contribution < -0.4 is 0 Å². The molecule has 10 aromatic carbocycles. The summed E-state index contributed by atoms with van der Waals surface area (Å²) in [5.41, 5.74) is 18.5. The summed E-state index contributed by atoms with van der Waals surface area (Å²) < 4.78 is 0. The maximum atomic E-state index is 4.93. The first-order valence-electron chi connectivity index (χ1n) is 22.3. The van der Waals surface area contributed by atoms with Gasteiger partial charge in [0.15, 0.2) is 0 Å². The minimum atomic E-state index is -0.826. The molecule has 0 spiro atoms. The molecule has 312 valence electrons. The van der Waals surface area contributed by atoms with Crippen molar-refractivity contribution < 1.29 is 20.8 Å². The molecule has 0 amide bonds. The van der Waals surface area contributed by atoms with E-state index in [4.69, 9.17) is 17.0 Å². The Balaban J connectivity index is 0.00000157. The zero-order valence-electron chi connectivity index (χ0n) is 37.3. The molecule has 0 radical (unpaired) electrons. The number of rotatable bonds is 4. The molecule has 0 atom stereocenters. The molecule has 10 aromatic rings. The van der Waals surface area contributed by atoms with Gasteiger partial charge in [-0.1, -0.05) is 187 Å². The van der Waals surface area contributed by atoms with Crippen molar-refractivity contribution in [3.05, 3.63) is 204 Å². The molecule has 0 unspecified atom stereocenters. The second-order valence-corrected chi connectivity index (χ2v) is 23.1. The molecular weight excluding hydrogens is 895 g/mol. The summed E-state index contributed by atoms with van der Waals surface area (Å²) in [7, 11) is 9.87. The third-order valence-corrected chi connectivity index (χ3v) is 13.3. The van der Waals surface area contributed by atoms with E-state index in [1.807, 2.05) is 0 Å². The first-order valence-corrected chi connectivity index (χ1v) is 28.6. The average molecular weight is 945 g/mol. The van der Waals surface area contributed by atoms with Crippen LogP contribution in [0, 0.1) is 0 Å². The van der Waals surface area contributed by atoms with Crippen molar-refractivity contribution in [2.75, 3.05) is 0 Å². The van der Waals surface area contributed by atoms with Crippen LogP contribution in [0.25, 0.3) is 98.7 Å². The first kappa shape index (κ1) is 42.6. The van der Waals surface area contributed by atoms with E-state index < -0.39 is 20.8 Å². The van der Waals surface area contributed by atoms with Crippen LogP contribution in [0.15, 0.2) is 182 Å². The van der Waals surface area contributed by atoms with Gasteiger partial charge in [0.05, 0.1) is 0 Å². The minimum absolute atomic E-state index is 0.0690. The van der Waals surface area contributed by atoms with Gasteiger partial charge in [0, 0.05) is 0 Å². The van der Waals surface area contributed by atoms with Gasteiger partial charge in [0.25, 0.3) is 0 Å². The van der Waals surface area contributed by atoms with Crippen LogP contribution in [0.3, 0.4) is 0 Å². The van der Waals surface area contributed by atoms with E-state index in [2.05, 4.69) is 224 Å². The zero-order valence-corrected chi connectivity index (χ0v) is 41.3. The molecule has 1 aliphatic carbocycles. The molecular formula is C61H50Cl2Zr. The summed E-state index contributed by atoms with van der Waals surface area (Å²) in [6.07, 6.45) is 0.913. The number of benzene rings is 10. The Hall–Kier alpha value is -5.30. The number of halogens is 2.